The van der Waals surface area contributed by atoms with Gasteiger partial charge in [-0.05, 0) is 44.9 Å². The molecule has 1 aliphatic carbocycles. The average molecular weight is 401 g/mol. The Morgan fingerprint density at radius 1 is 1.34 bits per heavy atom. The quantitative estimate of drug-likeness (QED) is 0.465. The van der Waals surface area contributed by atoms with Gasteiger partial charge in [-0.2, -0.15) is 0 Å². The number of amides is 1. The monoisotopic (exact) mass is 401 g/mol. The molecule has 29 heavy (non-hydrogen) atoms. The zero-order valence-corrected chi connectivity index (χ0v) is 15.9. The number of anilines is 2. The number of benzene rings is 1. The van der Waals surface area contributed by atoms with Gasteiger partial charge in [0, 0.05) is 17.6 Å². The molecule has 0 unspecified atom stereocenters. The molecule has 2 heterocycles. The number of carbonyl (C=O) groups is 1. The molecule has 0 spiro atoms. The lowest BCUT2D eigenvalue weighted by Gasteiger charge is -2.13. The molecule has 9 nitrogen and oxygen atoms in total. The minimum atomic E-state index is -0.586. The predicted octanol–water partition coefficient (Wildman–Crippen LogP) is 3.15. The molecule has 4 rings (SSSR count). The molecule has 3 aromatic rings. The third-order valence-corrected chi connectivity index (χ3v) is 5.01. The summed E-state index contributed by atoms with van der Waals surface area (Å²) in [5.41, 5.74) is 0.561. The number of nitrogens with zero attached hydrogens (tertiary/aromatic N) is 3. The van der Waals surface area contributed by atoms with E-state index in [4.69, 9.17) is 14.8 Å². The fourth-order valence-corrected chi connectivity index (χ4v) is 3.10. The largest absolute Gasteiger partial charge is 0.442 e. The van der Waals surface area contributed by atoms with E-state index in [0.29, 0.717) is 22.7 Å². The van der Waals surface area contributed by atoms with Crippen LogP contribution in [-0.4, -0.2) is 31.8 Å². The van der Waals surface area contributed by atoms with E-state index in [0.717, 1.165) is 18.9 Å². The van der Waals surface area contributed by atoms with Gasteiger partial charge in [0.05, 0.1) is 16.6 Å². The van der Waals surface area contributed by atoms with Crippen molar-refractivity contribution in [2.24, 2.45) is 0 Å². The summed E-state index contributed by atoms with van der Waals surface area (Å²) >= 11 is 0. The first-order valence-corrected chi connectivity index (χ1v) is 9.04. The van der Waals surface area contributed by atoms with Crippen molar-refractivity contribution in [1.82, 2.24) is 15.3 Å². The number of rotatable bonds is 6. The molecular formula is C19H20FN5O4. The van der Waals surface area contributed by atoms with Crippen LogP contribution in [0.3, 0.4) is 0 Å². The summed E-state index contributed by atoms with van der Waals surface area (Å²) in [7, 11) is 0. The van der Waals surface area contributed by atoms with Crippen molar-refractivity contribution < 1.29 is 24.0 Å². The number of fused-ring (bicyclic) bond motifs is 1. The van der Waals surface area contributed by atoms with Crippen LogP contribution >= 0.6 is 0 Å². The van der Waals surface area contributed by atoms with Gasteiger partial charge in [0.2, 0.25) is 5.71 Å². The van der Waals surface area contributed by atoms with Gasteiger partial charge in [0.1, 0.15) is 23.7 Å². The molecule has 10 heteroatoms. The van der Waals surface area contributed by atoms with Crippen LogP contribution in [0.2, 0.25) is 0 Å². The predicted molar refractivity (Wildman–Crippen MR) is 101 cm³/mol. The first kappa shape index (κ1) is 19.1. The third kappa shape index (κ3) is 3.71. The maximum absolute atomic E-state index is 14.0. The van der Waals surface area contributed by atoms with Gasteiger partial charge in [0.15, 0.2) is 0 Å². The molecule has 1 aromatic carbocycles. The smallest absolute Gasteiger partial charge is 0.255 e. The second-order valence-corrected chi connectivity index (χ2v) is 7.37. The van der Waals surface area contributed by atoms with E-state index in [1.54, 1.807) is 6.92 Å². The van der Waals surface area contributed by atoms with Gasteiger partial charge >= 0.3 is 0 Å². The highest BCUT2D eigenvalue weighted by atomic mass is 19.1. The van der Waals surface area contributed by atoms with Crippen molar-refractivity contribution in [2.45, 2.75) is 38.8 Å². The van der Waals surface area contributed by atoms with Gasteiger partial charge in [-0.3, -0.25) is 15.2 Å². The van der Waals surface area contributed by atoms with Crippen molar-refractivity contribution in [3.63, 3.8) is 0 Å². The highest BCUT2D eigenvalue weighted by molar-refractivity contribution is 6.10. The van der Waals surface area contributed by atoms with Crippen molar-refractivity contribution >= 4 is 28.5 Å². The molecule has 0 saturated heterocycles. The summed E-state index contributed by atoms with van der Waals surface area (Å²) in [6.45, 7) is 3.55. The zero-order valence-electron chi connectivity index (χ0n) is 15.9. The summed E-state index contributed by atoms with van der Waals surface area (Å²) in [5, 5.41) is 24.5. The van der Waals surface area contributed by atoms with Crippen LogP contribution in [0.1, 0.15) is 41.4 Å². The summed E-state index contributed by atoms with van der Waals surface area (Å²) in [6, 6.07) is 3.50. The Balaban J connectivity index is 1.62. The molecule has 0 bridgehead atoms. The van der Waals surface area contributed by atoms with Gasteiger partial charge in [-0.15, -0.1) is 5.23 Å². The second kappa shape index (κ2) is 6.98. The van der Waals surface area contributed by atoms with Crippen LogP contribution in [0.15, 0.2) is 28.9 Å². The number of halogens is 1. The SMILES string of the molecule is Cc1oc2ncnc(NC3(C)CC3)c2c1C(=O)NCc1cc(N(O)O)ccc1F. The first-order chi connectivity index (χ1) is 13.8. The lowest BCUT2D eigenvalue weighted by Crippen LogP contribution is -2.25. The van der Waals surface area contributed by atoms with Crippen LogP contribution in [0.25, 0.3) is 11.1 Å². The summed E-state index contributed by atoms with van der Waals surface area (Å²) in [4.78, 5) is 21.3. The molecular weight excluding hydrogens is 381 g/mol. The average Bonchev–Trinajstić information content (AvgIpc) is 3.28. The van der Waals surface area contributed by atoms with E-state index in [1.807, 2.05) is 0 Å². The van der Waals surface area contributed by atoms with E-state index >= 15 is 0 Å². The van der Waals surface area contributed by atoms with E-state index in [-0.39, 0.29) is 34.1 Å². The maximum Gasteiger partial charge on any atom is 0.255 e. The van der Waals surface area contributed by atoms with E-state index in [9.17, 15) is 9.18 Å². The molecule has 0 aliphatic heterocycles. The molecule has 4 N–H and O–H groups in total. The number of carbonyl (C=O) groups excluding carboxylic acids is 1. The first-order valence-electron chi connectivity index (χ1n) is 9.04. The fourth-order valence-electron chi connectivity index (χ4n) is 3.10. The van der Waals surface area contributed by atoms with Gasteiger partial charge in [-0.1, -0.05) is 0 Å². The minimum Gasteiger partial charge on any atom is -0.442 e. The molecule has 1 aliphatic rings. The van der Waals surface area contributed by atoms with Crippen molar-refractivity contribution in [3.8, 4) is 0 Å². The fraction of sp³-hybridized carbons (Fsp3) is 0.316. The van der Waals surface area contributed by atoms with E-state index in [2.05, 4.69) is 27.5 Å². The summed E-state index contributed by atoms with van der Waals surface area (Å²) in [6.07, 6.45) is 3.37. The molecule has 152 valence electrons. The Labute approximate surface area is 165 Å². The van der Waals surface area contributed by atoms with E-state index < -0.39 is 11.7 Å². The number of hydrogen-bond acceptors (Lipinski definition) is 8. The number of hydrogen-bond donors (Lipinski definition) is 4. The van der Waals surface area contributed by atoms with Crippen LogP contribution < -0.4 is 15.9 Å². The summed E-state index contributed by atoms with van der Waals surface area (Å²) < 4.78 is 19.7. The molecule has 2 aromatic heterocycles. The Kier molecular flexibility index (Phi) is 4.59. The number of nitrogens with one attached hydrogen (secondary N) is 2. The highest BCUT2D eigenvalue weighted by Gasteiger charge is 2.38. The molecule has 0 atom stereocenters. The lowest BCUT2D eigenvalue weighted by atomic mass is 10.1. The van der Waals surface area contributed by atoms with Gasteiger partial charge < -0.3 is 15.1 Å². The molecule has 1 amide bonds. The van der Waals surface area contributed by atoms with Gasteiger partial charge in [-0.25, -0.2) is 14.4 Å². The van der Waals surface area contributed by atoms with Crippen molar-refractivity contribution in [2.75, 3.05) is 10.5 Å². The second-order valence-electron chi connectivity index (χ2n) is 7.37. The molecule has 0 radical (unpaired) electrons. The van der Waals surface area contributed by atoms with Crippen LogP contribution in [0.5, 0.6) is 0 Å². The molecule has 1 saturated carbocycles. The number of furan rings is 1. The topological polar surface area (TPSA) is 124 Å². The van der Waals surface area contributed by atoms with Crippen LogP contribution in [0.4, 0.5) is 15.9 Å². The normalized spacial score (nSPS) is 14.7. The Morgan fingerprint density at radius 3 is 2.79 bits per heavy atom. The maximum atomic E-state index is 14.0. The third-order valence-electron chi connectivity index (χ3n) is 5.01. The van der Waals surface area contributed by atoms with Crippen molar-refractivity contribution in [3.05, 3.63) is 47.2 Å². The Bertz CT molecular complexity index is 1090. The van der Waals surface area contributed by atoms with Crippen LogP contribution in [-0.2, 0) is 6.54 Å². The number of aromatic nitrogens is 2. The summed E-state index contributed by atoms with van der Waals surface area (Å²) in [5.74, 6) is -0.179. The van der Waals surface area contributed by atoms with Crippen LogP contribution in [0, 0.1) is 12.7 Å². The Morgan fingerprint density at radius 2 is 2.10 bits per heavy atom. The van der Waals surface area contributed by atoms with Crippen molar-refractivity contribution in [1.29, 1.82) is 0 Å². The molecule has 1 fully saturated rings. The standard InChI is InChI=1S/C19H20FN5O4/c1-10-14(15-16(24-19(2)5-6-19)22-9-23-18(15)29-10)17(26)21-8-11-7-12(25(27)28)3-4-13(11)20/h3-4,7,9,27-28H,5-6,8H2,1-2H3,(H,21,26)(H,22,23,24). The number of aryl methyl sites for hydroxylation is 1. The highest BCUT2D eigenvalue weighted by Crippen LogP contribution is 2.40. The van der Waals surface area contributed by atoms with Gasteiger partial charge in [0.25, 0.3) is 5.91 Å². The Hall–Kier alpha value is -3.24. The van der Waals surface area contributed by atoms with E-state index in [1.165, 1.54) is 18.5 Å². The minimum absolute atomic E-state index is 0.0295. The lowest BCUT2D eigenvalue weighted by molar-refractivity contribution is 0.0291. The zero-order chi connectivity index (χ0) is 20.8.